The third kappa shape index (κ3) is 28.7. The second-order valence-corrected chi connectivity index (χ2v) is 11.8. The minimum absolute atomic E-state index is 0.0385. The molecule has 1 unspecified atom stereocenters. The summed E-state index contributed by atoms with van der Waals surface area (Å²) in [6, 6.07) is 0. The number of rotatable bonds is 32. The molecule has 0 bridgehead atoms. The van der Waals surface area contributed by atoms with E-state index in [0.29, 0.717) is 13.0 Å². The monoisotopic (exact) mass is 556 g/mol. The fraction of sp³-hybridized carbons (Fsp3) is 0.971. The molecule has 5 heteroatoms. The third-order valence-electron chi connectivity index (χ3n) is 7.85. The van der Waals surface area contributed by atoms with Gasteiger partial charge in [-0.2, -0.15) is 0 Å². The van der Waals surface area contributed by atoms with E-state index in [9.17, 15) is 15.0 Å². The smallest absolute Gasteiger partial charge is 0.222 e. The number of aliphatic hydroxyl groups excluding tert-OH is 2. The summed E-state index contributed by atoms with van der Waals surface area (Å²) in [6.07, 6.45) is 30.9. The predicted molar refractivity (Wildman–Crippen MR) is 167 cm³/mol. The van der Waals surface area contributed by atoms with Gasteiger partial charge in [-0.05, 0) is 12.8 Å². The Kier molecular flexibility index (Phi) is 31.3. The van der Waals surface area contributed by atoms with Crippen LogP contribution in [0, 0.1) is 0 Å². The SMILES string of the molecule is CCCCCCCCCCCCCCCC(=O)N(CCO)CC(O)COCCCCCCCCCCCCC. The first kappa shape index (κ1) is 38.4. The average Bonchev–Trinajstić information content (AvgIpc) is 2.93. The quantitative estimate of drug-likeness (QED) is 0.0813. The molecule has 234 valence electrons. The van der Waals surface area contributed by atoms with E-state index in [2.05, 4.69) is 13.8 Å². The zero-order valence-corrected chi connectivity index (χ0v) is 26.4. The Morgan fingerprint density at radius 2 is 1.00 bits per heavy atom. The highest BCUT2D eigenvalue weighted by atomic mass is 16.5. The highest BCUT2D eigenvalue weighted by molar-refractivity contribution is 5.76. The van der Waals surface area contributed by atoms with Gasteiger partial charge in [-0.3, -0.25) is 4.79 Å². The normalized spacial score (nSPS) is 12.2. The van der Waals surface area contributed by atoms with Crippen molar-refractivity contribution in [1.29, 1.82) is 0 Å². The lowest BCUT2D eigenvalue weighted by molar-refractivity contribution is -0.134. The maximum absolute atomic E-state index is 12.6. The molecule has 39 heavy (non-hydrogen) atoms. The Hall–Kier alpha value is -0.650. The number of aliphatic hydroxyl groups is 2. The molecular formula is C34H69NO4. The summed E-state index contributed by atoms with van der Waals surface area (Å²) >= 11 is 0. The molecule has 1 atom stereocenters. The van der Waals surface area contributed by atoms with Gasteiger partial charge < -0.3 is 19.8 Å². The molecule has 0 spiro atoms. The van der Waals surface area contributed by atoms with Crippen LogP contribution in [0.1, 0.15) is 174 Å². The molecule has 0 aliphatic carbocycles. The predicted octanol–water partition coefficient (Wildman–Crippen LogP) is 8.98. The number of hydrogen-bond donors (Lipinski definition) is 2. The molecule has 0 aliphatic heterocycles. The van der Waals surface area contributed by atoms with E-state index >= 15 is 0 Å². The van der Waals surface area contributed by atoms with Crippen LogP contribution in [-0.2, 0) is 9.53 Å². The van der Waals surface area contributed by atoms with Crippen LogP contribution in [0.4, 0.5) is 0 Å². The fourth-order valence-corrected chi connectivity index (χ4v) is 5.29. The molecule has 0 saturated carbocycles. The van der Waals surface area contributed by atoms with Crippen molar-refractivity contribution in [2.45, 2.75) is 180 Å². The van der Waals surface area contributed by atoms with Crippen molar-refractivity contribution >= 4 is 5.91 Å². The molecule has 0 aromatic carbocycles. The lowest BCUT2D eigenvalue weighted by Crippen LogP contribution is -2.40. The third-order valence-corrected chi connectivity index (χ3v) is 7.85. The van der Waals surface area contributed by atoms with Crippen molar-refractivity contribution in [1.82, 2.24) is 4.90 Å². The zero-order chi connectivity index (χ0) is 28.7. The Bertz CT molecular complexity index is 488. The number of nitrogens with zero attached hydrogens (tertiary/aromatic N) is 1. The van der Waals surface area contributed by atoms with Gasteiger partial charge in [0.05, 0.1) is 19.3 Å². The van der Waals surface area contributed by atoms with E-state index in [1.807, 2.05) is 0 Å². The summed E-state index contributed by atoms with van der Waals surface area (Å²) in [5, 5.41) is 19.7. The standard InChI is InChI=1S/C34H69NO4/c1-3-5-7-9-11-13-15-16-17-19-21-23-25-27-34(38)35(28-29-36)31-33(37)32-39-30-26-24-22-20-18-14-12-10-8-6-4-2/h33,36-37H,3-32H2,1-2H3. The van der Waals surface area contributed by atoms with Crippen molar-refractivity contribution in [2.24, 2.45) is 0 Å². The van der Waals surface area contributed by atoms with Crippen molar-refractivity contribution in [3.63, 3.8) is 0 Å². The molecule has 0 radical (unpaired) electrons. The van der Waals surface area contributed by atoms with Crippen molar-refractivity contribution in [3.05, 3.63) is 0 Å². The molecule has 0 aliphatic rings. The van der Waals surface area contributed by atoms with Gasteiger partial charge in [0.25, 0.3) is 0 Å². The highest BCUT2D eigenvalue weighted by Gasteiger charge is 2.17. The first-order valence-corrected chi connectivity index (χ1v) is 17.3. The Balaban J connectivity index is 3.66. The van der Waals surface area contributed by atoms with Crippen molar-refractivity contribution in [2.75, 3.05) is 32.9 Å². The average molecular weight is 556 g/mol. The van der Waals surface area contributed by atoms with Gasteiger partial charge in [-0.1, -0.05) is 155 Å². The first-order chi connectivity index (χ1) is 19.2. The van der Waals surface area contributed by atoms with Crippen LogP contribution in [0.3, 0.4) is 0 Å². The van der Waals surface area contributed by atoms with Crippen molar-refractivity contribution in [3.8, 4) is 0 Å². The molecule has 1 amide bonds. The molecule has 0 fully saturated rings. The van der Waals surface area contributed by atoms with Crippen LogP contribution < -0.4 is 0 Å². The zero-order valence-electron chi connectivity index (χ0n) is 26.4. The summed E-state index contributed by atoms with van der Waals surface area (Å²) in [5.41, 5.74) is 0. The summed E-state index contributed by atoms with van der Waals surface area (Å²) < 4.78 is 5.67. The van der Waals surface area contributed by atoms with Crippen LogP contribution in [0.15, 0.2) is 0 Å². The van der Waals surface area contributed by atoms with E-state index in [4.69, 9.17) is 4.74 Å². The van der Waals surface area contributed by atoms with Crippen LogP contribution >= 0.6 is 0 Å². The molecule has 0 aromatic heterocycles. The van der Waals surface area contributed by atoms with Gasteiger partial charge >= 0.3 is 0 Å². The molecule has 5 nitrogen and oxygen atoms in total. The van der Waals surface area contributed by atoms with E-state index in [0.717, 1.165) is 19.3 Å². The van der Waals surface area contributed by atoms with Crippen LogP contribution in [0.2, 0.25) is 0 Å². The number of ether oxygens (including phenoxy) is 1. The van der Waals surface area contributed by atoms with E-state index in [1.165, 1.54) is 135 Å². The molecule has 0 heterocycles. The summed E-state index contributed by atoms with van der Waals surface area (Å²) in [4.78, 5) is 14.2. The Labute approximate surface area is 243 Å². The highest BCUT2D eigenvalue weighted by Crippen LogP contribution is 2.14. The van der Waals surface area contributed by atoms with E-state index < -0.39 is 6.10 Å². The maximum Gasteiger partial charge on any atom is 0.222 e. The number of carbonyl (C=O) groups excluding carboxylic acids is 1. The number of carbonyl (C=O) groups is 1. The second-order valence-electron chi connectivity index (χ2n) is 11.8. The Morgan fingerprint density at radius 1 is 0.615 bits per heavy atom. The first-order valence-electron chi connectivity index (χ1n) is 17.3. The second kappa shape index (κ2) is 31.9. The molecule has 0 rings (SSSR count). The number of hydrogen-bond acceptors (Lipinski definition) is 4. The topological polar surface area (TPSA) is 70.0 Å². The van der Waals surface area contributed by atoms with Gasteiger partial charge in [0.2, 0.25) is 5.91 Å². The maximum atomic E-state index is 12.6. The Morgan fingerprint density at radius 3 is 1.41 bits per heavy atom. The van der Waals surface area contributed by atoms with Gasteiger partial charge in [-0.25, -0.2) is 0 Å². The van der Waals surface area contributed by atoms with E-state index in [-0.39, 0.29) is 32.2 Å². The fourth-order valence-electron chi connectivity index (χ4n) is 5.29. The lowest BCUT2D eigenvalue weighted by Gasteiger charge is -2.24. The van der Waals surface area contributed by atoms with Crippen LogP contribution in [0.25, 0.3) is 0 Å². The summed E-state index contributed by atoms with van der Waals surface area (Å²) in [7, 11) is 0. The van der Waals surface area contributed by atoms with Crippen LogP contribution in [-0.4, -0.2) is 60.0 Å². The van der Waals surface area contributed by atoms with Gasteiger partial charge in [0.15, 0.2) is 0 Å². The minimum Gasteiger partial charge on any atom is -0.395 e. The minimum atomic E-state index is -0.695. The molecule has 0 saturated heterocycles. The number of amides is 1. The van der Waals surface area contributed by atoms with Crippen molar-refractivity contribution < 1.29 is 19.7 Å². The largest absolute Gasteiger partial charge is 0.395 e. The van der Waals surface area contributed by atoms with E-state index in [1.54, 1.807) is 4.90 Å². The molecule has 2 N–H and O–H groups in total. The summed E-state index contributed by atoms with van der Waals surface area (Å²) in [6.45, 7) is 5.91. The van der Waals surface area contributed by atoms with Crippen LogP contribution in [0.5, 0.6) is 0 Å². The lowest BCUT2D eigenvalue weighted by atomic mass is 10.0. The molecule has 0 aromatic rings. The molecular weight excluding hydrogens is 486 g/mol. The van der Waals surface area contributed by atoms with Gasteiger partial charge in [-0.15, -0.1) is 0 Å². The summed E-state index contributed by atoms with van der Waals surface area (Å²) in [5.74, 6) is 0.0385. The van der Waals surface area contributed by atoms with Gasteiger partial charge in [0, 0.05) is 26.1 Å². The number of unbranched alkanes of at least 4 members (excludes halogenated alkanes) is 22. The van der Waals surface area contributed by atoms with Gasteiger partial charge in [0.1, 0.15) is 0 Å².